The number of aliphatic hydroxyl groups excluding tert-OH is 6. The van der Waals surface area contributed by atoms with E-state index in [-0.39, 0.29) is 86.5 Å². The molecule has 0 aromatic heterocycles. The molecule has 0 radical (unpaired) electrons. The summed E-state index contributed by atoms with van der Waals surface area (Å²) in [5, 5.41) is 128. The standard InChI is InChI=1S/C88H106Cl2N10O24S/c1-7-8-9-10-21-118-49-14-16-50(17-15-49)125-100-64(105)35-56-81(112)95-69-47-31-61(120-59-19-12-43(29-53(59)89)73(106)71(85(116)93-56)98-80(111)55(92-6)22-38(2)3)77(124-87-78(76(109)75(108)63(37-101)122-87)123-65-36-88(5,91)79(110)39(4)119-65)62(32-47)121-60-20-13-44(30-54(60)90)74(107)72-86(117)97-70(84(115)94-67-45-24-40-23-41(26-45)27-46(67)25-40)52-33-48(102)34-58(104)66(52)51-28-42(11-18-57(51)103)68(82(113)99-72)96-83(69)114/h11-20,28-34,38-41,45-46,55-56,63,65,67-76,78-79,87,92,101-104,106-110H,7-10,21-27,35-37,91H2,1-6H3,(H,93,116)(H,94,115)(H,95,112)(H,96,114)(H,97,117)(H,98,111)(H,99,113)(H,100,105)/t39-,40?,41?,45?,46?,55-,56-,63+,65-,67?,68-,69+,70-,71+,72+,73+,74-,75-,76-,78-,79+,87-,88-/m0/s1. The third-order valence-electron chi connectivity index (χ3n) is 24.7. The van der Waals surface area contributed by atoms with Crippen molar-refractivity contribution in [1.82, 2.24) is 47.3 Å². The number of halogens is 2. The number of nitrogens with two attached hydrogens (primary N) is 1. The number of carbonyl (C=O) groups excluding carboxylic acids is 8. The number of nitrogens with one attached hydrogen (secondary N) is 9. The molecule has 6 fully saturated rings. The van der Waals surface area contributed by atoms with Crippen LogP contribution >= 0.6 is 35.1 Å². The van der Waals surface area contributed by atoms with Crippen LogP contribution in [0.1, 0.15) is 170 Å². The van der Waals surface area contributed by atoms with Crippen LogP contribution in [-0.2, 0) is 52.6 Å². The van der Waals surface area contributed by atoms with E-state index in [0.717, 1.165) is 112 Å². The summed E-state index contributed by atoms with van der Waals surface area (Å²) in [5.74, 6) is -12.2. The summed E-state index contributed by atoms with van der Waals surface area (Å²) < 4.78 is 47.8. The van der Waals surface area contributed by atoms with Crippen LogP contribution < -0.4 is 71.9 Å². The van der Waals surface area contributed by atoms with E-state index in [1.807, 2.05) is 13.8 Å². The Labute approximate surface area is 734 Å². The second-order valence-corrected chi connectivity index (χ2v) is 36.1. The summed E-state index contributed by atoms with van der Waals surface area (Å²) in [6.07, 6.45) is -10.2. The van der Waals surface area contributed by atoms with Crippen molar-refractivity contribution in [1.29, 1.82) is 0 Å². The fourth-order valence-corrected chi connectivity index (χ4v) is 19.4. The van der Waals surface area contributed by atoms with Gasteiger partial charge in [0.1, 0.15) is 101 Å². The highest BCUT2D eigenvalue weighted by molar-refractivity contribution is 7.98. The van der Waals surface area contributed by atoms with Crippen molar-refractivity contribution in [3.8, 4) is 62.9 Å². The number of ether oxygens (including phenoxy) is 7. The Morgan fingerprint density at radius 2 is 1.30 bits per heavy atom. The van der Waals surface area contributed by atoms with Crippen LogP contribution in [0.4, 0.5) is 0 Å². The lowest BCUT2D eigenvalue weighted by atomic mass is 9.54. The number of hydrogen-bond acceptors (Lipinski definition) is 27. The molecular weight excluding hydrogens is 1680 g/mol. The molecule has 4 saturated carbocycles. The number of aromatic hydroxyl groups is 3. The number of rotatable bonds is 22. The summed E-state index contributed by atoms with van der Waals surface area (Å²) in [6, 6.07) is 7.35. The molecule has 37 heteroatoms. The maximum absolute atomic E-state index is 16.7. The Morgan fingerprint density at radius 3 is 1.93 bits per heavy atom. The summed E-state index contributed by atoms with van der Waals surface area (Å²) >= 11 is 15.4. The molecule has 672 valence electrons. The van der Waals surface area contributed by atoms with Gasteiger partial charge in [-0.05, 0) is 214 Å². The van der Waals surface area contributed by atoms with Gasteiger partial charge >= 0.3 is 0 Å². The van der Waals surface area contributed by atoms with Gasteiger partial charge < -0.3 is 127 Å². The largest absolute Gasteiger partial charge is 0.508 e. The Balaban J connectivity index is 0.950. The first-order valence-corrected chi connectivity index (χ1v) is 43.6. The second kappa shape index (κ2) is 38.8. The Hall–Kier alpha value is -9.83. The molecule has 6 aromatic rings. The topological polar surface area (TPSA) is 518 Å². The molecule has 11 aliphatic rings. The molecule has 8 amide bonds. The number of hydrogen-bond donors (Lipinski definition) is 19. The summed E-state index contributed by atoms with van der Waals surface area (Å²) in [4.78, 5) is 126. The highest BCUT2D eigenvalue weighted by Crippen LogP contribution is 2.55. The first-order chi connectivity index (χ1) is 59.6. The van der Waals surface area contributed by atoms with Crippen molar-refractivity contribution in [3.05, 3.63) is 141 Å². The zero-order chi connectivity index (χ0) is 89.3. The number of fused-ring (bicyclic) bond motifs is 15. The van der Waals surface area contributed by atoms with Gasteiger partial charge in [0.05, 0.1) is 47.9 Å². The van der Waals surface area contributed by atoms with E-state index in [9.17, 15) is 55.5 Å². The summed E-state index contributed by atoms with van der Waals surface area (Å²) in [6.45, 7) is 8.32. The van der Waals surface area contributed by atoms with E-state index in [1.165, 1.54) is 57.3 Å². The van der Waals surface area contributed by atoms with E-state index in [4.69, 9.17) is 62.1 Å². The zero-order valence-electron chi connectivity index (χ0n) is 69.4. The lowest BCUT2D eigenvalue weighted by molar-refractivity contribution is -0.333. The minimum atomic E-state index is -2.35. The molecule has 18 atom stereocenters. The van der Waals surface area contributed by atoms with Crippen molar-refractivity contribution in [3.63, 3.8) is 0 Å². The number of aliphatic hydroxyl groups is 6. The molecule has 6 aromatic carbocycles. The molecule has 7 aliphatic heterocycles. The van der Waals surface area contributed by atoms with Crippen molar-refractivity contribution >= 4 is 82.4 Å². The number of phenols is 3. The van der Waals surface area contributed by atoms with Crippen molar-refractivity contribution in [2.24, 2.45) is 35.3 Å². The molecule has 17 rings (SSSR count). The van der Waals surface area contributed by atoms with E-state index >= 15 is 28.8 Å². The predicted molar refractivity (Wildman–Crippen MR) is 452 cm³/mol. The van der Waals surface area contributed by atoms with Gasteiger partial charge in [0.15, 0.2) is 23.9 Å². The minimum absolute atomic E-state index is 0.0662. The predicted octanol–water partition coefficient (Wildman–Crippen LogP) is 6.26. The number of phenolic OH excluding ortho intramolecular Hbond substituents is 3. The van der Waals surface area contributed by atoms with Crippen LogP contribution in [0.2, 0.25) is 10.0 Å². The number of likely N-dealkylation sites (N-methyl/N-ethyl adjacent to an activating group) is 1. The van der Waals surface area contributed by atoms with Gasteiger partial charge in [0.25, 0.3) is 0 Å². The molecule has 0 unspecified atom stereocenters. The maximum Gasteiger partial charge on any atom is 0.248 e. The van der Waals surface area contributed by atoms with Crippen LogP contribution in [0.5, 0.6) is 51.7 Å². The first-order valence-electron chi connectivity index (χ1n) is 42.1. The molecule has 7 heterocycles. The van der Waals surface area contributed by atoms with Crippen LogP contribution in [-0.4, -0.2) is 198 Å². The number of benzene rings is 6. The molecule has 125 heavy (non-hydrogen) atoms. The van der Waals surface area contributed by atoms with E-state index in [1.54, 1.807) is 24.3 Å². The average Bonchev–Trinajstić information content (AvgIpc) is 0.759. The third-order valence-corrected chi connectivity index (χ3v) is 26.1. The molecule has 20 N–H and O–H groups in total. The monoisotopic (exact) mass is 1790 g/mol. The Bertz CT molecular complexity index is 5010. The Morgan fingerprint density at radius 1 is 0.672 bits per heavy atom. The van der Waals surface area contributed by atoms with Gasteiger partial charge in [-0.3, -0.25) is 43.1 Å². The van der Waals surface area contributed by atoms with Crippen LogP contribution in [0.3, 0.4) is 0 Å². The van der Waals surface area contributed by atoms with E-state index < -0.39 is 215 Å². The van der Waals surface area contributed by atoms with Gasteiger partial charge in [-0.25, -0.2) is 0 Å². The normalized spacial score (nSPS) is 30.4. The lowest BCUT2D eigenvalue weighted by Crippen LogP contribution is -2.64. The van der Waals surface area contributed by atoms with Gasteiger partial charge in [0, 0.05) is 40.1 Å². The average molecular weight is 1790 g/mol. The van der Waals surface area contributed by atoms with Gasteiger partial charge in [-0.2, -0.15) is 0 Å². The molecule has 15 bridgehead atoms. The molecule has 34 nitrogen and oxygen atoms in total. The zero-order valence-corrected chi connectivity index (χ0v) is 71.7. The second-order valence-electron chi connectivity index (χ2n) is 34.4. The van der Waals surface area contributed by atoms with E-state index in [2.05, 4.69) is 54.2 Å². The Kier molecular flexibility index (Phi) is 28.4. The summed E-state index contributed by atoms with van der Waals surface area (Å²) in [7, 11) is 1.50. The molecule has 2 saturated heterocycles. The van der Waals surface area contributed by atoms with Crippen LogP contribution in [0, 0.1) is 29.6 Å². The van der Waals surface area contributed by atoms with Crippen LogP contribution in [0.15, 0.2) is 108 Å². The smallest absolute Gasteiger partial charge is 0.248 e. The number of carbonyl (C=O) groups is 8. The van der Waals surface area contributed by atoms with Crippen molar-refractivity contribution < 1.29 is 117 Å². The van der Waals surface area contributed by atoms with E-state index in [0.29, 0.717) is 29.1 Å². The fourth-order valence-electron chi connectivity index (χ4n) is 18.4. The van der Waals surface area contributed by atoms with Crippen molar-refractivity contribution in [2.45, 2.75) is 232 Å². The van der Waals surface area contributed by atoms with Gasteiger partial charge in [-0.1, -0.05) is 81.4 Å². The third kappa shape index (κ3) is 20.3. The summed E-state index contributed by atoms with van der Waals surface area (Å²) in [5.41, 5.74) is 3.15. The number of unbranched alkanes of at least 4 members (excludes halogenated alkanes) is 3. The first kappa shape index (κ1) is 91.4. The number of amides is 8. The molecule has 0 spiro atoms. The maximum atomic E-state index is 16.7. The highest BCUT2D eigenvalue weighted by Gasteiger charge is 2.53. The van der Waals surface area contributed by atoms with Crippen LogP contribution in [0.25, 0.3) is 11.1 Å². The minimum Gasteiger partial charge on any atom is -0.508 e. The van der Waals surface area contributed by atoms with Gasteiger partial charge in [0.2, 0.25) is 59.3 Å². The lowest BCUT2D eigenvalue weighted by Gasteiger charge is -2.54. The SMILES string of the molecule is CCCCCCOc1ccc(SNC(=O)C[C@@H]2NC(=O)[C@H](NC(=O)[C@H](CC(C)C)NC)[C@H](O)c3ccc(c(Cl)c3)Oc3cc4cc(c3O[C@@H]3O[C@H](CO)[C@H](O)[C@H](O)[C@@H]3O[C@H]3C[C@](C)(N)[C@H](O)[C@H](C)O3)Oc3ccc(cc3Cl)[C@H](O)[C@H]3NC(=O)[C@@H](NC(=O)[C@@H]4NC2=O)c2ccc(O)c(c2)-c2c(O)cc(O)cc2[C@@H](C(=O)NC2C4CC5CC(C4)CC2C5)NC3=O)cc1. The quantitative estimate of drug-likeness (QED) is 0.0263. The highest BCUT2D eigenvalue weighted by atomic mass is 35.5. The fraction of sp³-hybridized carbons (Fsp3) is 0.500. The molecular formula is C88H106Cl2N10O24S. The molecule has 4 aliphatic carbocycles. The van der Waals surface area contributed by atoms with Gasteiger partial charge in [-0.15, -0.1) is 0 Å². The van der Waals surface area contributed by atoms with Crippen molar-refractivity contribution in [2.75, 3.05) is 20.3 Å².